The summed E-state index contributed by atoms with van der Waals surface area (Å²) in [4.78, 5) is 2.47. The molecule has 2 rings (SSSR count). The van der Waals surface area contributed by atoms with E-state index in [1.165, 1.54) is 48.9 Å². The van der Waals surface area contributed by atoms with Crippen LogP contribution in [0.5, 0.6) is 0 Å². The minimum Gasteiger partial charge on any atom is -0.367 e. The van der Waals surface area contributed by atoms with E-state index in [0.717, 1.165) is 12.5 Å². The van der Waals surface area contributed by atoms with Crippen LogP contribution in [0.2, 0.25) is 0 Å². The lowest BCUT2D eigenvalue weighted by Crippen LogP contribution is -2.52. The first kappa shape index (κ1) is 15.4. The van der Waals surface area contributed by atoms with Gasteiger partial charge in [0.05, 0.1) is 5.54 Å². The molecule has 2 heteroatoms. The van der Waals surface area contributed by atoms with Gasteiger partial charge in [0.15, 0.2) is 0 Å². The van der Waals surface area contributed by atoms with Crippen LogP contribution in [0.15, 0.2) is 18.2 Å². The minimum absolute atomic E-state index is 0.144. The number of aryl methyl sites for hydroxylation is 2. The van der Waals surface area contributed by atoms with Gasteiger partial charge < -0.3 is 10.6 Å². The number of nitrogens with two attached hydrogens (primary N) is 1. The Bertz CT molecular complexity index is 455. The summed E-state index contributed by atoms with van der Waals surface area (Å²) in [5, 5.41) is 0. The van der Waals surface area contributed by atoms with Gasteiger partial charge in [-0.2, -0.15) is 0 Å². The van der Waals surface area contributed by atoms with Crippen molar-refractivity contribution in [3.8, 4) is 0 Å². The quantitative estimate of drug-likeness (QED) is 0.843. The first-order valence-corrected chi connectivity index (χ1v) is 8.00. The van der Waals surface area contributed by atoms with Gasteiger partial charge in [-0.05, 0) is 50.7 Å². The van der Waals surface area contributed by atoms with Gasteiger partial charge in [0.1, 0.15) is 0 Å². The van der Waals surface area contributed by atoms with Crippen LogP contribution >= 0.6 is 0 Å². The van der Waals surface area contributed by atoms with Gasteiger partial charge in [-0.1, -0.05) is 37.5 Å². The zero-order chi connectivity index (χ0) is 14.8. The molecule has 112 valence electrons. The number of hydrogen-bond donors (Lipinski definition) is 1. The average Bonchev–Trinajstić information content (AvgIpc) is 2.61. The molecule has 2 nitrogen and oxygen atoms in total. The Morgan fingerprint density at radius 3 is 2.65 bits per heavy atom. The summed E-state index contributed by atoms with van der Waals surface area (Å²) >= 11 is 0. The highest BCUT2D eigenvalue weighted by molar-refractivity contribution is 5.56. The Balaban J connectivity index is 2.29. The summed E-state index contributed by atoms with van der Waals surface area (Å²) in [7, 11) is 2.24. The highest BCUT2D eigenvalue weighted by Crippen LogP contribution is 2.37. The molecule has 2 atom stereocenters. The molecule has 1 aromatic carbocycles. The van der Waals surface area contributed by atoms with Crippen LogP contribution in [0.3, 0.4) is 0 Å². The van der Waals surface area contributed by atoms with Crippen LogP contribution in [-0.2, 0) is 0 Å². The maximum atomic E-state index is 6.23. The van der Waals surface area contributed by atoms with Gasteiger partial charge in [0, 0.05) is 19.3 Å². The molecule has 1 fully saturated rings. The molecule has 0 amide bonds. The number of nitrogens with zero attached hydrogens (tertiary/aromatic N) is 1. The van der Waals surface area contributed by atoms with Crippen LogP contribution in [0.1, 0.15) is 50.2 Å². The Hall–Kier alpha value is -1.02. The van der Waals surface area contributed by atoms with E-state index in [0.29, 0.717) is 0 Å². The van der Waals surface area contributed by atoms with E-state index in [1.54, 1.807) is 0 Å². The van der Waals surface area contributed by atoms with Crippen molar-refractivity contribution >= 4 is 5.69 Å². The second-order valence-corrected chi connectivity index (χ2v) is 6.81. The number of benzene rings is 1. The van der Waals surface area contributed by atoms with Gasteiger partial charge in [0.2, 0.25) is 0 Å². The molecule has 0 aromatic heterocycles. The maximum Gasteiger partial charge on any atom is 0.0521 e. The van der Waals surface area contributed by atoms with Crippen LogP contribution in [0.25, 0.3) is 0 Å². The summed E-state index contributed by atoms with van der Waals surface area (Å²) < 4.78 is 0. The summed E-state index contributed by atoms with van der Waals surface area (Å²) in [6.07, 6.45) is 6.38. The lowest BCUT2D eigenvalue weighted by Gasteiger charge is -2.43. The monoisotopic (exact) mass is 274 g/mol. The standard InChI is InChI=1S/C18H30N2/c1-14-6-5-10-18(13-19,11-9-14)20(4)17-8-7-15(2)12-16(17)3/h7-8,12,14H,5-6,9-11,13,19H2,1-4H3. The van der Waals surface area contributed by atoms with Crippen molar-refractivity contribution in [2.24, 2.45) is 11.7 Å². The maximum absolute atomic E-state index is 6.23. The first-order valence-electron chi connectivity index (χ1n) is 8.00. The summed E-state index contributed by atoms with van der Waals surface area (Å²) in [5.74, 6) is 0.843. The van der Waals surface area contributed by atoms with E-state index in [9.17, 15) is 0 Å². The third kappa shape index (κ3) is 3.01. The van der Waals surface area contributed by atoms with Crippen molar-refractivity contribution in [2.75, 3.05) is 18.5 Å². The van der Waals surface area contributed by atoms with Crippen molar-refractivity contribution < 1.29 is 0 Å². The SMILES string of the molecule is Cc1ccc(N(C)C2(CN)CCCC(C)CC2)c(C)c1. The molecule has 2 N–H and O–H groups in total. The Morgan fingerprint density at radius 1 is 1.25 bits per heavy atom. The summed E-state index contributed by atoms with van der Waals surface area (Å²) in [5.41, 5.74) is 10.4. The van der Waals surface area contributed by atoms with Crippen LogP contribution in [0.4, 0.5) is 5.69 Å². The van der Waals surface area contributed by atoms with Crippen molar-refractivity contribution in [1.82, 2.24) is 0 Å². The molecule has 0 bridgehead atoms. The second-order valence-electron chi connectivity index (χ2n) is 6.81. The number of likely N-dealkylation sites (N-methyl/N-ethyl adjacent to an activating group) is 1. The normalized spacial score (nSPS) is 27.1. The summed E-state index contributed by atoms with van der Waals surface area (Å²) in [6.45, 7) is 7.50. The molecular formula is C18H30N2. The van der Waals surface area contributed by atoms with Crippen molar-refractivity contribution in [3.05, 3.63) is 29.3 Å². The van der Waals surface area contributed by atoms with Crippen LogP contribution in [-0.4, -0.2) is 19.1 Å². The molecule has 0 radical (unpaired) electrons. The molecule has 1 aliphatic rings. The smallest absolute Gasteiger partial charge is 0.0521 e. The van der Waals surface area contributed by atoms with E-state index in [2.05, 4.69) is 50.9 Å². The van der Waals surface area contributed by atoms with Gasteiger partial charge in [-0.25, -0.2) is 0 Å². The Morgan fingerprint density at radius 2 is 2.00 bits per heavy atom. The molecule has 20 heavy (non-hydrogen) atoms. The van der Waals surface area contributed by atoms with Gasteiger partial charge >= 0.3 is 0 Å². The highest BCUT2D eigenvalue weighted by atomic mass is 15.2. The molecule has 2 unspecified atom stereocenters. The summed E-state index contributed by atoms with van der Waals surface area (Å²) in [6, 6.07) is 6.74. The zero-order valence-electron chi connectivity index (χ0n) is 13.6. The molecule has 0 spiro atoms. The van der Waals surface area contributed by atoms with Crippen LogP contribution in [0, 0.1) is 19.8 Å². The molecular weight excluding hydrogens is 244 g/mol. The fraction of sp³-hybridized carbons (Fsp3) is 0.667. The van der Waals surface area contributed by atoms with E-state index in [-0.39, 0.29) is 5.54 Å². The third-order valence-corrected chi connectivity index (χ3v) is 5.25. The molecule has 0 saturated heterocycles. The molecule has 0 aliphatic heterocycles. The largest absolute Gasteiger partial charge is 0.367 e. The lowest BCUT2D eigenvalue weighted by atomic mass is 9.87. The molecule has 0 heterocycles. The third-order valence-electron chi connectivity index (χ3n) is 5.25. The Kier molecular flexibility index (Phi) is 4.74. The Labute approximate surface area is 124 Å². The van der Waals surface area contributed by atoms with Crippen molar-refractivity contribution in [2.45, 2.75) is 58.4 Å². The van der Waals surface area contributed by atoms with Crippen molar-refractivity contribution in [1.29, 1.82) is 0 Å². The van der Waals surface area contributed by atoms with Gasteiger partial charge in [-0.3, -0.25) is 0 Å². The predicted octanol–water partition coefficient (Wildman–Crippen LogP) is 4.04. The average molecular weight is 274 g/mol. The molecule has 1 aliphatic carbocycles. The second kappa shape index (κ2) is 6.17. The molecule has 1 aromatic rings. The predicted molar refractivity (Wildman–Crippen MR) is 88.4 cm³/mol. The lowest BCUT2D eigenvalue weighted by molar-refractivity contribution is 0.357. The topological polar surface area (TPSA) is 29.3 Å². The highest BCUT2D eigenvalue weighted by Gasteiger charge is 2.35. The van der Waals surface area contributed by atoms with E-state index in [1.807, 2.05) is 0 Å². The van der Waals surface area contributed by atoms with Gasteiger partial charge in [0.25, 0.3) is 0 Å². The van der Waals surface area contributed by atoms with Crippen molar-refractivity contribution in [3.63, 3.8) is 0 Å². The fourth-order valence-corrected chi connectivity index (χ4v) is 3.68. The van der Waals surface area contributed by atoms with E-state index >= 15 is 0 Å². The number of hydrogen-bond acceptors (Lipinski definition) is 2. The van der Waals surface area contributed by atoms with E-state index in [4.69, 9.17) is 5.73 Å². The van der Waals surface area contributed by atoms with Crippen LogP contribution < -0.4 is 10.6 Å². The fourth-order valence-electron chi connectivity index (χ4n) is 3.68. The number of anilines is 1. The number of rotatable bonds is 3. The zero-order valence-corrected chi connectivity index (χ0v) is 13.6. The van der Waals surface area contributed by atoms with E-state index < -0.39 is 0 Å². The first-order chi connectivity index (χ1) is 9.48. The minimum atomic E-state index is 0.144. The molecule has 1 saturated carbocycles. The van der Waals surface area contributed by atoms with Gasteiger partial charge in [-0.15, -0.1) is 0 Å².